The number of carbonyl (C=O) groups is 3. The van der Waals surface area contributed by atoms with E-state index in [0.29, 0.717) is 17.8 Å². The van der Waals surface area contributed by atoms with Gasteiger partial charge >= 0.3 is 5.97 Å². The Hall–Kier alpha value is -2.75. The molecule has 2 fully saturated rings. The lowest BCUT2D eigenvalue weighted by atomic mass is 9.79. The third kappa shape index (κ3) is 6.02. The zero-order valence-electron chi connectivity index (χ0n) is 19.2. The predicted octanol–water partition coefficient (Wildman–Crippen LogP) is 3.31. The molecular weight excluding hydrogens is 454 g/mol. The summed E-state index contributed by atoms with van der Waals surface area (Å²) in [6, 6.07) is 8.32. The van der Waals surface area contributed by atoms with Crippen molar-refractivity contribution >= 4 is 34.8 Å². The molecule has 1 saturated heterocycles. The van der Waals surface area contributed by atoms with Crippen molar-refractivity contribution in [2.45, 2.75) is 37.6 Å². The number of benzene rings is 1. The van der Waals surface area contributed by atoms with Gasteiger partial charge in [0.25, 0.3) is 11.8 Å². The molecule has 1 aliphatic carbocycles. The van der Waals surface area contributed by atoms with Crippen molar-refractivity contribution in [1.29, 1.82) is 0 Å². The SMILES string of the molecule is O=C(COC(=O)c1ccccc1NC(=O)c1ccsc1)NCC1(N2CCOCC2)CCCCC1. The van der Waals surface area contributed by atoms with Crippen molar-refractivity contribution in [2.75, 3.05) is 44.8 Å². The van der Waals surface area contributed by atoms with E-state index in [-0.39, 0.29) is 29.5 Å². The first-order chi connectivity index (χ1) is 16.6. The number of nitrogens with one attached hydrogen (secondary N) is 2. The van der Waals surface area contributed by atoms with E-state index in [2.05, 4.69) is 15.5 Å². The fourth-order valence-corrected chi connectivity index (χ4v) is 5.37. The molecule has 1 saturated carbocycles. The summed E-state index contributed by atoms with van der Waals surface area (Å²) in [5.74, 6) is -1.29. The molecule has 1 aromatic carbocycles. The minimum absolute atomic E-state index is 0.0553. The van der Waals surface area contributed by atoms with Crippen molar-refractivity contribution in [3.8, 4) is 0 Å². The maximum absolute atomic E-state index is 12.7. The van der Waals surface area contributed by atoms with E-state index in [9.17, 15) is 14.4 Å². The summed E-state index contributed by atoms with van der Waals surface area (Å²) >= 11 is 1.42. The van der Waals surface area contributed by atoms with Crippen LogP contribution >= 0.6 is 11.3 Å². The summed E-state index contributed by atoms with van der Waals surface area (Å²) in [7, 11) is 0. The van der Waals surface area contributed by atoms with Crippen LogP contribution in [0.3, 0.4) is 0 Å². The Balaban J connectivity index is 1.31. The number of carbonyl (C=O) groups excluding carboxylic acids is 3. The zero-order valence-corrected chi connectivity index (χ0v) is 20.0. The van der Waals surface area contributed by atoms with Crippen LogP contribution in [-0.2, 0) is 14.3 Å². The standard InChI is InChI=1S/C25H31N3O5S/c29-22(26-18-25(9-4-1-5-10-25)28-11-13-32-14-12-28)16-33-24(31)20-6-2-3-7-21(20)27-23(30)19-8-15-34-17-19/h2-3,6-8,15,17H,1,4-5,9-14,16,18H2,(H,26,29)(H,27,30). The number of esters is 1. The first-order valence-electron chi connectivity index (χ1n) is 11.8. The number of rotatable bonds is 8. The largest absolute Gasteiger partial charge is 0.452 e. The Bertz CT molecular complexity index is 982. The van der Waals surface area contributed by atoms with Crippen molar-refractivity contribution in [3.63, 3.8) is 0 Å². The second kappa shape index (κ2) is 11.6. The van der Waals surface area contributed by atoms with E-state index < -0.39 is 5.97 Å². The summed E-state index contributed by atoms with van der Waals surface area (Å²) in [6.07, 6.45) is 5.61. The van der Waals surface area contributed by atoms with Crippen LogP contribution in [0.5, 0.6) is 0 Å². The Morgan fingerprint density at radius 3 is 2.56 bits per heavy atom. The van der Waals surface area contributed by atoms with Crippen LogP contribution < -0.4 is 10.6 Å². The molecule has 0 bridgehead atoms. The number of thiophene rings is 1. The van der Waals surface area contributed by atoms with Gasteiger partial charge in [0, 0.05) is 30.6 Å². The highest BCUT2D eigenvalue weighted by atomic mass is 32.1. The van der Waals surface area contributed by atoms with Crippen LogP contribution in [0, 0.1) is 0 Å². The van der Waals surface area contributed by atoms with Crippen molar-refractivity contribution in [2.24, 2.45) is 0 Å². The number of nitrogens with zero attached hydrogens (tertiary/aromatic N) is 1. The predicted molar refractivity (Wildman–Crippen MR) is 130 cm³/mol. The molecule has 2 amide bonds. The second-order valence-corrected chi connectivity index (χ2v) is 9.53. The molecular formula is C25H31N3O5S. The molecule has 2 aromatic rings. The van der Waals surface area contributed by atoms with E-state index in [0.717, 1.165) is 52.0 Å². The Morgan fingerprint density at radius 2 is 1.82 bits per heavy atom. The van der Waals surface area contributed by atoms with Gasteiger partial charge in [-0.25, -0.2) is 4.79 Å². The summed E-state index contributed by atoms with van der Waals surface area (Å²) in [6.45, 7) is 3.35. The van der Waals surface area contributed by atoms with Crippen molar-refractivity contribution < 1.29 is 23.9 Å². The van der Waals surface area contributed by atoms with Crippen LogP contribution in [0.2, 0.25) is 0 Å². The van der Waals surface area contributed by atoms with Gasteiger partial charge in [0.05, 0.1) is 30.0 Å². The molecule has 1 aliphatic heterocycles. The van der Waals surface area contributed by atoms with E-state index in [4.69, 9.17) is 9.47 Å². The molecule has 2 N–H and O–H groups in total. The first-order valence-corrected chi connectivity index (χ1v) is 12.7. The van der Waals surface area contributed by atoms with Gasteiger partial charge in [-0.05, 0) is 36.4 Å². The van der Waals surface area contributed by atoms with E-state index in [1.807, 2.05) is 5.38 Å². The number of morpholine rings is 1. The van der Waals surface area contributed by atoms with E-state index in [1.165, 1.54) is 17.8 Å². The number of ether oxygens (including phenoxy) is 2. The third-order valence-electron chi connectivity index (χ3n) is 6.59. The Labute approximate surface area is 203 Å². The van der Waals surface area contributed by atoms with Gasteiger partial charge in [-0.3, -0.25) is 14.5 Å². The summed E-state index contributed by atoms with van der Waals surface area (Å²) in [5, 5.41) is 9.28. The molecule has 2 aliphatic rings. The average molecular weight is 486 g/mol. The maximum atomic E-state index is 12.7. The zero-order chi connectivity index (χ0) is 23.8. The van der Waals surface area contributed by atoms with Gasteiger partial charge in [0.2, 0.25) is 0 Å². The number of para-hydroxylation sites is 1. The minimum atomic E-state index is -0.656. The summed E-state index contributed by atoms with van der Waals surface area (Å²) in [4.78, 5) is 40.1. The molecule has 0 radical (unpaired) electrons. The van der Waals surface area contributed by atoms with Crippen LogP contribution in [-0.4, -0.2) is 67.7 Å². The average Bonchev–Trinajstić information content (AvgIpc) is 3.43. The molecule has 0 atom stereocenters. The first kappa shape index (κ1) is 24.4. The lowest BCUT2D eigenvalue weighted by Gasteiger charge is -2.48. The van der Waals surface area contributed by atoms with E-state index >= 15 is 0 Å². The van der Waals surface area contributed by atoms with Crippen molar-refractivity contribution in [3.05, 3.63) is 52.2 Å². The van der Waals surface area contributed by atoms with Crippen LogP contribution in [0.25, 0.3) is 0 Å². The quantitative estimate of drug-likeness (QED) is 0.557. The van der Waals surface area contributed by atoms with Gasteiger partial charge in [-0.1, -0.05) is 31.4 Å². The molecule has 0 spiro atoms. The fourth-order valence-electron chi connectivity index (χ4n) is 4.73. The highest BCUT2D eigenvalue weighted by Gasteiger charge is 2.38. The number of hydrogen-bond donors (Lipinski definition) is 2. The highest BCUT2D eigenvalue weighted by molar-refractivity contribution is 7.08. The molecule has 4 rings (SSSR count). The molecule has 9 heteroatoms. The number of anilines is 1. The fraction of sp³-hybridized carbons (Fsp3) is 0.480. The van der Waals surface area contributed by atoms with Crippen LogP contribution in [0.4, 0.5) is 5.69 Å². The number of hydrogen-bond acceptors (Lipinski definition) is 7. The van der Waals surface area contributed by atoms with Crippen LogP contribution in [0.1, 0.15) is 52.8 Å². The summed E-state index contributed by atoms with van der Waals surface area (Å²) < 4.78 is 10.8. The molecule has 8 nitrogen and oxygen atoms in total. The lowest BCUT2D eigenvalue weighted by Crippen LogP contribution is -2.59. The molecule has 0 unspecified atom stereocenters. The lowest BCUT2D eigenvalue weighted by molar-refractivity contribution is -0.125. The Morgan fingerprint density at radius 1 is 1.06 bits per heavy atom. The summed E-state index contributed by atoms with van der Waals surface area (Å²) in [5.41, 5.74) is 1.01. The minimum Gasteiger partial charge on any atom is -0.452 e. The van der Waals surface area contributed by atoms with Gasteiger partial charge in [-0.15, -0.1) is 0 Å². The van der Waals surface area contributed by atoms with Gasteiger partial charge in [-0.2, -0.15) is 11.3 Å². The smallest absolute Gasteiger partial charge is 0.340 e. The normalized spacial score (nSPS) is 18.1. The highest BCUT2D eigenvalue weighted by Crippen LogP contribution is 2.33. The third-order valence-corrected chi connectivity index (χ3v) is 7.28. The van der Waals surface area contributed by atoms with Gasteiger partial charge < -0.3 is 20.1 Å². The number of amides is 2. The molecule has 34 heavy (non-hydrogen) atoms. The molecule has 2 heterocycles. The van der Waals surface area contributed by atoms with Crippen molar-refractivity contribution in [1.82, 2.24) is 10.2 Å². The Kier molecular flexibility index (Phi) is 8.31. The van der Waals surface area contributed by atoms with Gasteiger partial charge in [0.15, 0.2) is 6.61 Å². The topological polar surface area (TPSA) is 97.0 Å². The monoisotopic (exact) mass is 485 g/mol. The molecule has 182 valence electrons. The van der Waals surface area contributed by atoms with E-state index in [1.54, 1.807) is 35.7 Å². The molecule has 1 aromatic heterocycles. The maximum Gasteiger partial charge on any atom is 0.340 e. The van der Waals surface area contributed by atoms with Crippen LogP contribution in [0.15, 0.2) is 41.1 Å². The second-order valence-electron chi connectivity index (χ2n) is 8.75. The van der Waals surface area contributed by atoms with Gasteiger partial charge in [0.1, 0.15) is 0 Å².